The lowest BCUT2D eigenvalue weighted by molar-refractivity contribution is -0.384. The summed E-state index contributed by atoms with van der Waals surface area (Å²) in [5.74, 6) is -1.47. The fourth-order valence-electron chi connectivity index (χ4n) is 1.71. The largest absolute Gasteiger partial charge is 0.492 e. The van der Waals surface area contributed by atoms with E-state index in [0.29, 0.717) is 0 Å². The van der Waals surface area contributed by atoms with Crippen molar-refractivity contribution in [3.05, 3.63) is 33.9 Å². The highest BCUT2D eigenvalue weighted by Crippen LogP contribution is 2.24. The van der Waals surface area contributed by atoms with Gasteiger partial charge in [-0.3, -0.25) is 14.9 Å². The first-order valence-corrected chi connectivity index (χ1v) is 6.41. The number of hydrogen-bond donors (Lipinski definition) is 2. The van der Waals surface area contributed by atoms with Crippen molar-refractivity contribution in [2.45, 2.75) is 25.3 Å². The molecule has 0 heterocycles. The van der Waals surface area contributed by atoms with Crippen molar-refractivity contribution in [2.75, 3.05) is 6.61 Å². The Labute approximate surface area is 119 Å². The van der Waals surface area contributed by atoms with Crippen molar-refractivity contribution < 1.29 is 24.4 Å². The Morgan fingerprint density at radius 1 is 1.43 bits per heavy atom. The summed E-state index contributed by atoms with van der Waals surface area (Å²) in [5, 5.41) is 22.4. The molecule has 1 amide bonds. The lowest BCUT2D eigenvalue weighted by Crippen LogP contribution is -2.26. The van der Waals surface area contributed by atoms with E-state index in [0.717, 1.165) is 25.0 Å². The van der Waals surface area contributed by atoms with E-state index in [9.17, 15) is 19.7 Å². The molecule has 1 aromatic rings. The number of carboxylic acids is 1. The SMILES string of the molecule is O=C(CCOc1ccc([N+](=O)[O-])cc1C(=O)O)NC1CC1. The number of nitrogens with zero attached hydrogens (tertiary/aromatic N) is 1. The number of hydrogen-bond acceptors (Lipinski definition) is 5. The number of carbonyl (C=O) groups excluding carboxylic acids is 1. The Hall–Kier alpha value is -2.64. The zero-order chi connectivity index (χ0) is 15.4. The zero-order valence-electron chi connectivity index (χ0n) is 11.1. The Kier molecular flexibility index (Phi) is 4.36. The van der Waals surface area contributed by atoms with Gasteiger partial charge in [-0.2, -0.15) is 0 Å². The fraction of sp³-hybridized carbons (Fsp3) is 0.385. The molecule has 0 aromatic heterocycles. The molecule has 0 unspecified atom stereocenters. The normalized spacial score (nSPS) is 13.5. The minimum Gasteiger partial charge on any atom is -0.492 e. The number of aromatic carboxylic acids is 1. The van der Waals surface area contributed by atoms with E-state index >= 15 is 0 Å². The monoisotopic (exact) mass is 294 g/mol. The van der Waals surface area contributed by atoms with Gasteiger partial charge in [0.25, 0.3) is 5.69 Å². The Morgan fingerprint density at radius 3 is 2.71 bits per heavy atom. The van der Waals surface area contributed by atoms with Crippen molar-refractivity contribution in [1.82, 2.24) is 5.32 Å². The summed E-state index contributed by atoms with van der Waals surface area (Å²) in [6.07, 6.45) is 2.07. The molecule has 0 atom stereocenters. The predicted molar refractivity (Wildman–Crippen MR) is 71.3 cm³/mol. The molecule has 2 rings (SSSR count). The number of nitrogens with one attached hydrogen (secondary N) is 1. The molecule has 1 saturated carbocycles. The van der Waals surface area contributed by atoms with Crippen LogP contribution in [0.1, 0.15) is 29.6 Å². The summed E-state index contributed by atoms with van der Waals surface area (Å²) < 4.78 is 5.24. The van der Waals surface area contributed by atoms with Crippen molar-refractivity contribution in [3.63, 3.8) is 0 Å². The molecule has 0 saturated heterocycles. The first kappa shape index (κ1) is 14.8. The average molecular weight is 294 g/mol. The van der Waals surface area contributed by atoms with Gasteiger partial charge in [0.15, 0.2) is 0 Å². The van der Waals surface area contributed by atoms with E-state index in [1.54, 1.807) is 0 Å². The molecule has 0 spiro atoms. The van der Waals surface area contributed by atoms with Crippen LogP contribution in [0.25, 0.3) is 0 Å². The minimum atomic E-state index is -1.32. The maximum absolute atomic E-state index is 11.4. The number of nitro groups is 1. The highest BCUT2D eigenvalue weighted by molar-refractivity contribution is 5.91. The number of benzene rings is 1. The number of nitro benzene ring substituents is 1. The summed E-state index contributed by atoms with van der Waals surface area (Å²) >= 11 is 0. The summed E-state index contributed by atoms with van der Waals surface area (Å²) in [5.41, 5.74) is -0.627. The van der Waals surface area contributed by atoms with Crippen LogP contribution in [0.2, 0.25) is 0 Å². The fourth-order valence-corrected chi connectivity index (χ4v) is 1.71. The zero-order valence-corrected chi connectivity index (χ0v) is 11.1. The van der Waals surface area contributed by atoms with Crippen LogP contribution in [0.3, 0.4) is 0 Å². The van der Waals surface area contributed by atoms with Crippen molar-refractivity contribution in [2.24, 2.45) is 0 Å². The van der Waals surface area contributed by atoms with Crippen molar-refractivity contribution in [1.29, 1.82) is 0 Å². The molecule has 8 heteroatoms. The van der Waals surface area contributed by atoms with Crippen LogP contribution < -0.4 is 10.1 Å². The standard InChI is InChI=1S/C13H14N2O6/c16-12(14-8-1-2-8)5-6-21-11-4-3-9(15(19)20)7-10(11)13(17)18/h3-4,7-8H,1-2,5-6H2,(H,14,16)(H,17,18). The molecule has 0 bridgehead atoms. The van der Waals surface area contributed by atoms with Crippen LogP contribution in [0.4, 0.5) is 5.69 Å². The van der Waals surface area contributed by atoms with Gasteiger partial charge in [-0.25, -0.2) is 4.79 Å². The first-order valence-electron chi connectivity index (χ1n) is 6.41. The number of ether oxygens (including phenoxy) is 1. The summed E-state index contributed by atoms with van der Waals surface area (Å²) in [4.78, 5) is 32.5. The second-order valence-electron chi connectivity index (χ2n) is 4.68. The van der Waals surface area contributed by atoms with Gasteiger partial charge in [0.05, 0.1) is 18.0 Å². The number of carbonyl (C=O) groups is 2. The molecular formula is C13H14N2O6. The summed E-state index contributed by atoms with van der Waals surface area (Å²) in [7, 11) is 0. The highest BCUT2D eigenvalue weighted by atomic mass is 16.6. The second-order valence-corrected chi connectivity index (χ2v) is 4.68. The summed E-state index contributed by atoms with van der Waals surface area (Å²) in [6.45, 7) is 0.0106. The second kappa shape index (κ2) is 6.21. The molecule has 1 fully saturated rings. The number of amides is 1. The molecule has 8 nitrogen and oxygen atoms in total. The first-order chi connectivity index (χ1) is 9.97. The van der Waals surface area contributed by atoms with Gasteiger partial charge in [0.2, 0.25) is 5.91 Å². The smallest absolute Gasteiger partial charge is 0.339 e. The molecule has 1 aliphatic carbocycles. The van der Waals surface area contributed by atoms with E-state index in [-0.39, 0.29) is 42.0 Å². The highest BCUT2D eigenvalue weighted by Gasteiger charge is 2.23. The van der Waals surface area contributed by atoms with Crippen LogP contribution in [-0.4, -0.2) is 34.6 Å². The van der Waals surface area contributed by atoms with E-state index in [1.807, 2.05) is 0 Å². The number of non-ortho nitro benzene ring substituents is 1. The van der Waals surface area contributed by atoms with Gasteiger partial charge in [-0.05, 0) is 18.9 Å². The number of rotatable bonds is 7. The molecule has 112 valence electrons. The lowest BCUT2D eigenvalue weighted by Gasteiger charge is -2.09. The van der Waals surface area contributed by atoms with Gasteiger partial charge in [0.1, 0.15) is 11.3 Å². The third-order valence-corrected chi connectivity index (χ3v) is 2.93. The van der Waals surface area contributed by atoms with E-state index < -0.39 is 10.9 Å². The molecule has 0 aliphatic heterocycles. The predicted octanol–water partition coefficient (Wildman–Crippen LogP) is 1.34. The van der Waals surface area contributed by atoms with Crippen LogP contribution in [0.15, 0.2) is 18.2 Å². The third-order valence-electron chi connectivity index (χ3n) is 2.93. The average Bonchev–Trinajstić information content (AvgIpc) is 3.22. The van der Waals surface area contributed by atoms with Crippen LogP contribution in [-0.2, 0) is 4.79 Å². The van der Waals surface area contributed by atoms with E-state index in [1.165, 1.54) is 6.07 Å². The van der Waals surface area contributed by atoms with Gasteiger partial charge in [0, 0.05) is 18.2 Å². The lowest BCUT2D eigenvalue weighted by atomic mass is 10.2. The van der Waals surface area contributed by atoms with Crippen LogP contribution in [0.5, 0.6) is 5.75 Å². The topological polar surface area (TPSA) is 119 Å². The molecule has 1 aliphatic rings. The van der Waals surface area contributed by atoms with Gasteiger partial charge in [-0.15, -0.1) is 0 Å². The van der Waals surface area contributed by atoms with E-state index in [2.05, 4.69) is 5.32 Å². The maximum Gasteiger partial charge on any atom is 0.339 e. The van der Waals surface area contributed by atoms with Gasteiger partial charge < -0.3 is 15.2 Å². The van der Waals surface area contributed by atoms with Crippen LogP contribution in [0, 0.1) is 10.1 Å². The Bertz CT molecular complexity index is 582. The van der Waals surface area contributed by atoms with Crippen molar-refractivity contribution >= 4 is 17.6 Å². The maximum atomic E-state index is 11.4. The minimum absolute atomic E-state index is 0.00678. The summed E-state index contributed by atoms with van der Waals surface area (Å²) in [6, 6.07) is 3.57. The van der Waals surface area contributed by atoms with E-state index in [4.69, 9.17) is 9.84 Å². The third kappa shape index (κ3) is 4.16. The van der Waals surface area contributed by atoms with Gasteiger partial charge in [-0.1, -0.05) is 0 Å². The molecule has 2 N–H and O–H groups in total. The molecular weight excluding hydrogens is 280 g/mol. The number of carboxylic acid groups (broad SMARTS) is 1. The van der Waals surface area contributed by atoms with Crippen LogP contribution >= 0.6 is 0 Å². The Balaban J connectivity index is 1.96. The van der Waals surface area contributed by atoms with Gasteiger partial charge >= 0.3 is 5.97 Å². The Morgan fingerprint density at radius 2 is 2.14 bits per heavy atom. The quantitative estimate of drug-likeness (QED) is 0.578. The van der Waals surface area contributed by atoms with Crippen molar-refractivity contribution in [3.8, 4) is 5.75 Å². The molecule has 21 heavy (non-hydrogen) atoms. The molecule has 1 aromatic carbocycles. The molecule has 0 radical (unpaired) electrons.